The minimum atomic E-state index is -0.378. The van der Waals surface area contributed by atoms with Crippen LogP contribution >= 0.6 is 11.6 Å². The number of carbonyl (C=O) groups is 1. The fourth-order valence-electron chi connectivity index (χ4n) is 1.86. The van der Waals surface area contributed by atoms with Crippen LogP contribution in [0.1, 0.15) is 10.5 Å². The van der Waals surface area contributed by atoms with E-state index in [-0.39, 0.29) is 11.6 Å². The zero-order valence-electron chi connectivity index (χ0n) is 10.2. The van der Waals surface area contributed by atoms with Crippen LogP contribution in [0.4, 0.5) is 11.4 Å². The quantitative estimate of drug-likeness (QED) is 0.631. The van der Waals surface area contributed by atoms with E-state index in [0.29, 0.717) is 21.8 Å². The molecule has 0 radical (unpaired) electrons. The molecule has 0 saturated carbocycles. The number of hydrogen-bond acceptors (Lipinski definition) is 4. The van der Waals surface area contributed by atoms with E-state index in [0.717, 1.165) is 5.52 Å². The lowest BCUT2D eigenvalue weighted by Gasteiger charge is -2.04. The van der Waals surface area contributed by atoms with Gasteiger partial charge in [-0.15, -0.1) is 0 Å². The van der Waals surface area contributed by atoms with E-state index in [1.807, 2.05) is 0 Å². The normalized spacial score (nSPS) is 10.7. The van der Waals surface area contributed by atoms with E-state index in [1.165, 1.54) is 6.20 Å². The third kappa shape index (κ3) is 2.17. The molecule has 0 aliphatic rings. The lowest BCUT2D eigenvalue weighted by atomic mass is 10.2. The van der Waals surface area contributed by atoms with E-state index in [4.69, 9.17) is 17.3 Å². The topological polar surface area (TPSA) is 96.7 Å². The van der Waals surface area contributed by atoms with Gasteiger partial charge in [0.1, 0.15) is 0 Å². The average Bonchev–Trinajstić information content (AvgIpc) is 2.84. The Labute approximate surface area is 119 Å². The van der Waals surface area contributed by atoms with Crippen LogP contribution in [0, 0.1) is 0 Å². The highest BCUT2D eigenvalue weighted by Crippen LogP contribution is 2.22. The van der Waals surface area contributed by atoms with Crippen LogP contribution in [0.2, 0.25) is 5.02 Å². The molecule has 6 nitrogen and oxygen atoms in total. The molecular weight excluding hydrogens is 278 g/mol. The molecule has 0 unspecified atom stereocenters. The van der Waals surface area contributed by atoms with Crippen molar-refractivity contribution in [3.05, 3.63) is 47.4 Å². The zero-order valence-corrected chi connectivity index (χ0v) is 11.0. The summed E-state index contributed by atoms with van der Waals surface area (Å²) >= 11 is 5.97. The number of amides is 1. The Kier molecular flexibility index (Phi) is 3.00. The minimum Gasteiger partial charge on any atom is -0.399 e. The SMILES string of the molecule is Nc1ccc2[nH]nc(C(=O)Nc3cnccc3Cl)c2c1. The van der Waals surface area contributed by atoms with Crippen molar-refractivity contribution < 1.29 is 4.79 Å². The largest absolute Gasteiger partial charge is 0.399 e. The van der Waals surface area contributed by atoms with Gasteiger partial charge in [-0.2, -0.15) is 5.10 Å². The zero-order chi connectivity index (χ0) is 14.1. The lowest BCUT2D eigenvalue weighted by Crippen LogP contribution is -2.13. The van der Waals surface area contributed by atoms with Crippen molar-refractivity contribution in [2.75, 3.05) is 11.1 Å². The second kappa shape index (κ2) is 4.82. The molecule has 7 heteroatoms. The summed E-state index contributed by atoms with van der Waals surface area (Å²) in [6.45, 7) is 0. The molecule has 0 aliphatic heterocycles. The molecule has 2 heterocycles. The van der Waals surface area contributed by atoms with E-state index >= 15 is 0 Å². The highest BCUT2D eigenvalue weighted by atomic mass is 35.5. The maximum Gasteiger partial charge on any atom is 0.276 e. The number of nitrogens with two attached hydrogens (primary N) is 1. The second-order valence-corrected chi connectivity index (χ2v) is 4.59. The van der Waals surface area contributed by atoms with Crippen LogP contribution in [0.25, 0.3) is 10.9 Å². The highest BCUT2D eigenvalue weighted by molar-refractivity contribution is 6.33. The van der Waals surface area contributed by atoms with Gasteiger partial charge in [0, 0.05) is 17.3 Å². The predicted molar refractivity (Wildman–Crippen MR) is 77.7 cm³/mol. The number of nitrogens with zero attached hydrogens (tertiary/aromatic N) is 2. The van der Waals surface area contributed by atoms with Crippen molar-refractivity contribution in [1.82, 2.24) is 15.2 Å². The number of benzene rings is 1. The number of anilines is 2. The average molecular weight is 288 g/mol. The van der Waals surface area contributed by atoms with Crippen LogP contribution in [0.15, 0.2) is 36.7 Å². The maximum absolute atomic E-state index is 12.2. The Hall–Kier alpha value is -2.60. The highest BCUT2D eigenvalue weighted by Gasteiger charge is 2.15. The fraction of sp³-hybridized carbons (Fsp3) is 0. The Morgan fingerprint density at radius 2 is 2.20 bits per heavy atom. The van der Waals surface area contributed by atoms with E-state index < -0.39 is 0 Å². The number of rotatable bonds is 2. The number of nitrogen functional groups attached to an aromatic ring is 1. The molecule has 0 atom stereocenters. The number of pyridine rings is 1. The molecule has 0 aliphatic carbocycles. The van der Waals surface area contributed by atoms with Gasteiger partial charge in [-0.25, -0.2) is 0 Å². The van der Waals surface area contributed by atoms with E-state index in [9.17, 15) is 4.79 Å². The Bertz CT molecular complexity index is 798. The third-order valence-corrected chi connectivity index (χ3v) is 3.15. The number of aromatic amines is 1. The second-order valence-electron chi connectivity index (χ2n) is 4.19. The summed E-state index contributed by atoms with van der Waals surface area (Å²) in [4.78, 5) is 16.1. The predicted octanol–water partition coefficient (Wildman–Crippen LogP) is 2.45. The number of halogens is 1. The molecule has 1 amide bonds. The van der Waals surface area contributed by atoms with Crippen molar-refractivity contribution in [2.45, 2.75) is 0 Å². The Morgan fingerprint density at radius 1 is 1.35 bits per heavy atom. The molecule has 0 spiro atoms. The standard InChI is InChI=1S/C13H10ClN5O/c14-9-3-4-16-6-11(9)17-13(20)12-8-5-7(15)1-2-10(8)18-19-12/h1-6H,15H2,(H,17,20)(H,18,19). The van der Waals surface area contributed by atoms with Crippen LogP contribution < -0.4 is 11.1 Å². The Morgan fingerprint density at radius 3 is 3.00 bits per heavy atom. The maximum atomic E-state index is 12.2. The van der Waals surface area contributed by atoms with Crippen molar-refractivity contribution in [1.29, 1.82) is 0 Å². The van der Waals surface area contributed by atoms with Gasteiger partial charge in [0.05, 0.1) is 22.4 Å². The molecule has 4 N–H and O–H groups in total. The van der Waals surface area contributed by atoms with Gasteiger partial charge in [0.15, 0.2) is 5.69 Å². The molecule has 0 bridgehead atoms. The van der Waals surface area contributed by atoms with Gasteiger partial charge in [0.25, 0.3) is 5.91 Å². The van der Waals surface area contributed by atoms with Crippen molar-refractivity contribution in [2.24, 2.45) is 0 Å². The number of hydrogen-bond donors (Lipinski definition) is 3. The summed E-state index contributed by atoms with van der Waals surface area (Å²) < 4.78 is 0. The lowest BCUT2D eigenvalue weighted by molar-refractivity contribution is 0.102. The van der Waals surface area contributed by atoms with E-state index in [2.05, 4.69) is 20.5 Å². The molecular formula is C13H10ClN5O. The summed E-state index contributed by atoms with van der Waals surface area (Å²) in [6.07, 6.45) is 3.02. The molecule has 1 aromatic carbocycles. The first-order valence-corrected chi connectivity index (χ1v) is 6.17. The van der Waals surface area contributed by atoms with Crippen molar-refractivity contribution in [3.8, 4) is 0 Å². The molecule has 3 aromatic rings. The van der Waals surface area contributed by atoms with Crippen LogP contribution in [-0.4, -0.2) is 21.1 Å². The van der Waals surface area contributed by atoms with Gasteiger partial charge in [-0.3, -0.25) is 14.9 Å². The van der Waals surface area contributed by atoms with Crippen molar-refractivity contribution in [3.63, 3.8) is 0 Å². The number of aromatic nitrogens is 3. The van der Waals surface area contributed by atoms with E-state index in [1.54, 1.807) is 30.5 Å². The first kappa shape index (κ1) is 12.4. The molecule has 20 heavy (non-hydrogen) atoms. The summed E-state index contributed by atoms with van der Waals surface area (Å²) in [7, 11) is 0. The minimum absolute atomic E-state index is 0.257. The van der Waals surface area contributed by atoms with Gasteiger partial charge < -0.3 is 11.1 Å². The molecule has 2 aromatic heterocycles. The summed E-state index contributed by atoms with van der Waals surface area (Å²) in [5, 5.41) is 10.5. The summed E-state index contributed by atoms with van der Waals surface area (Å²) in [5.74, 6) is -0.378. The van der Waals surface area contributed by atoms with Crippen molar-refractivity contribution >= 4 is 39.8 Å². The first-order chi connectivity index (χ1) is 9.65. The van der Waals surface area contributed by atoms with Crippen LogP contribution in [-0.2, 0) is 0 Å². The molecule has 3 rings (SSSR count). The summed E-state index contributed by atoms with van der Waals surface area (Å²) in [5.41, 5.74) is 7.71. The van der Waals surface area contributed by atoms with Gasteiger partial charge in [-0.1, -0.05) is 11.6 Å². The monoisotopic (exact) mass is 287 g/mol. The van der Waals surface area contributed by atoms with Gasteiger partial charge >= 0.3 is 0 Å². The molecule has 100 valence electrons. The molecule has 0 fully saturated rings. The Balaban J connectivity index is 1.97. The van der Waals surface area contributed by atoms with Crippen LogP contribution in [0.3, 0.4) is 0 Å². The fourth-order valence-corrected chi connectivity index (χ4v) is 2.01. The first-order valence-electron chi connectivity index (χ1n) is 5.79. The van der Waals surface area contributed by atoms with Gasteiger partial charge in [-0.05, 0) is 24.3 Å². The smallest absolute Gasteiger partial charge is 0.276 e. The molecule has 0 saturated heterocycles. The van der Waals surface area contributed by atoms with Gasteiger partial charge in [0.2, 0.25) is 0 Å². The number of carbonyl (C=O) groups excluding carboxylic acids is 1. The number of fused-ring (bicyclic) bond motifs is 1. The van der Waals surface area contributed by atoms with Crippen LogP contribution in [0.5, 0.6) is 0 Å². The third-order valence-electron chi connectivity index (χ3n) is 2.82. The summed E-state index contributed by atoms with van der Waals surface area (Å²) in [6, 6.07) is 6.79. The number of nitrogens with one attached hydrogen (secondary N) is 2. The number of H-pyrrole nitrogens is 1.